The number of alkyl halides is 6. The molecular formula is C18H14F7NO2. The van der Waals surface area contributed by atoms with Crippen LogP contribution in [0, 0.1) is 5.82 Å². The number of rotatable bonds is 6. The Labute approximate surface area is 155 Å². The van der Waals surface area contributed by atoms with Crippen LogP contribution in [0.4, 0.5) is 30.7 Å². The minimum absolute atomic E-state index is 0.0404. The summed E-state index contributed by atoms with van der Waals surface area (Å²) in [5.74, 6) is -2.31. The third-order valence-electron chi connectivity index (χ3n) is 3.54. The van der Waals surface area contributed by atoms with E-state index < -0.39 is 36.2 Å². The van der Waals surface area contributed by atoms with Crippen molar-refractivity contribution in [1.29, 1.82) is 0 Å². The highest BCUT2D eigenvalue weighted by Crippen LogP contribution is 2.31. The van der Waals surface area contributed by atoms with Gasteiger partial charge in [0.15, 0.2) is 0 Å². The van der Waals surface area contributed by atoms with Crippen LogP contribution in [-0.2, 0) is 24.1 Å². The Bertz CT molecular complexity index is 814. The molecule has 10 heteroatoms. The van der Waals surface area contributed by atoms with Crippen molar-refractivity contribution in [3.63, 3.8) is 0 Å². The minimum atomic E-state index is -4.93. The molecule has 0 heterocycles. The second-order valence-corrected chi connectivity index (χ2v) is 5.80. The average molecular weight is 409 g/mol. The van der Waals surface area contributed by atoms with E-state index in [2.05, 4.69) is 10.1 Å². The van der Waals surface area contributed by atoms with Gasteiger partial charge in [-0.1, -0.05) is 24.3 Å². The molecule has 1 amide bonds. The first-order valence-corrected chi connectivity index (χ1v) is 7.83. The molecule has 0 aliphatic rings. The van der Waals surface area contributed by atoms with E-state index in [1.54, 1.807) is 0 Å². The fraction of sp³-hybridized carbons (Fsp3) is 0.278. The van der Waals surface area contributed by atoms with Crippen LogP contribution in [0.15, 0.2) is 42.5 Å². The topological polar surface area (TPSA) is 38.3 Å². The third-order valence-corrected chi connectivity index (χ3v) is 3.54. The molecule has 0 saturated heterocycles. The largest absolute Gasteiger partial charge is 0.419 e. The molecule has 0 spiro atoms. The highest BCUT2D eigenvalue weighted by molar-refractivity contribution is 5.94. The molecule has 2 rings (SSSR count). The summed E-state index contributed by atoms with van der Waals surface area (Å²) in [5.41, 5.74) is -0.854. The Morgan fingerprint density at radius 1 is 0.929 bits per heavy atom. The van der Waals surface area contributed by atoms with E-state index in [9.17, 15) is 35.5 Å². The van der Waals surface area contributed by atoms with Gasteiger partial charge in [0.2, 0.25) is 0 Å². The third kappa shape index (κ3) is 6.52. The van der Waals surface area contributed by atoms with Crippen molar-refractivity contribution in [2.24, 2.45) is 0 Å². The van der Waals surface area contributed by atoms with Crippen molar-refractivity contribution in [2.45, 2.75) is 25.5 Å². The van der Waals surface area contributed by atoms with Gasteiger partial charge in [-0.25, -0.2) is 4.39 Å². The SMILES string of the molecule is O=C(NCc1ccc(COCC(F)(F)F)cc1)c1ccc(F)c(C(F)(F)F)c1. The van der Waals surface area contributed by atoms with E-state index in [1.807, 2.05) is 0 Å². The van der Waals surface area contributed by atoms with Crippen LogP contribution in [-0.4, -0.2) is 18.7 Å². The van der Waals surface area contributed by atoms with Gasteiger partial charge in [-0.3, -0.25) is 4.79 Å². The first-order chi connectivity index (χ1) is 13.0. The fourth-order valence-corrected chi connectivity index (χ4v) is 2.21. The lowest BCUT2D eigenvalue weighted by Crippen LogP contribution is -2.23. The lowest BCUT2D eigenvalue weighted by molar-refractivity contribution is -0.176. The molecule has 0 fully saturated rings. The summed E-state index contributed by atoms with van der Waals surface area (Å²) in [6, 6.07) is 7.96. The molecule has 28 heavy (non-hydrogen) atoms. The maximum atomic E-state index is 13.2. The average Bonchev–Trinajstić information content (AvgIpc) is 2.59. The summed E-state index contributed by atoms with van der Waals surface area (Å²) in [7, 11) is 0. The molecule has 152 valence electrons. The van der Waals surface area contributed by atoms with E-state index >= 15 is 0 Å². The van der Waals surface area contributed by atoms with E-state index in [0.29, 0.717) is 23.3 Å². The molecule has 0 aliphatic heterocycles. The van der Waals surface area contributed by atoms with Gasteiger partial charge in [0.25, 0.3) is 5.91 Å². The first-order valence-electron chi connectivity index (χ1n) is 7.83. The summed E-state index contributed by atoms with van der Waals surface area (Å²) >= 11 is 0. The van der Waals surface area contributed by atoms with Crippen molar-refractivity contribution in [3.05, 3.63) is 70.5 Å². The van der Waals surface area contributed by atoms with Crippen LogP contribution in [0.5, 0.6) is 0 Å². The van der Waals surface area contributed by atoms with E-state index in [1.165, 1.54) is 24.3 Å². The normalized spacial score (nSPS) is 12.1. The lowest BCUT2D eigenvalue weighted by Gasteiger charge is -2.11. The van der Waals surface area contributed by atoms with Gasteiger partial charge < -0.3 is 10.1 Å². The van der Waals surface area contributed by atoms with Gasteiger partial charge in [-0.15, -0.1) is 0 Å². The Morgan fingerprint density at radius 2 is 1.54 bits per heavy atom. The predicted molar refractivity (Wildman–Crippen MR) is 84.7 cm³/mol. The van der Waals surface area contributed by atoms with E-state index in [-0.39, 0.29) is 18.7 Å². The molecule has 0 atom stereocenters. The van der Waals surface area contributed by atoms with Crippen LogP contribution in [0.3, 0.4) is 0 Å². The minimum Gasteiger partial charge on any atom is -0.367 e. The number of amides is 1. The quantitative estimate of drug-likeness (QED) is 0.693. The number of nitrogens with one attached hydrogen (secondary N) is 1. The van der Waals surface area contributed by atoms with Crippen LogP contribution < -0.4 is 5.32 Å². The number of benzene rings is 2. The molecule has 0 aromatic heterocycles. The zero-order valence-electron chi connectivity index (χ0n) is 14.1. The molecule has 0 radical (unpaired) electrons. The van der Waals surface area contributed by atoms with E-state index in [0.717, 1.165) is 6.07 Å². The summed E-state index contributed by atoms with van der Waals surface area (Å²) in [6.07, 6.45) is -9.35. The van der Waals surface area contributed by atoms with Crippen LogP contribution in [0.1, 0.15) is 27.0 Å². The van der Waals surface area contributed by atoms with Crippen molar-refractivity contribution < 1.29 is 40.3 Å². The van der Waals surface area contributed by atoms with Crippen LogP contribution in [0.25, 0.3) is 0 Å². The summed E-state index contributed by atoms with van der Waals surface area (Å²) < 4.78 is 91.8. The number of hydrogen-bond donors (Lipinski definition) is 1. The second-order valence-electron chi connectivity index (χ2n) is 5.80. The van der Waals surface area contributed by atoms with Crippen molar-refractivity contribution in [1.82, 2.24) is 5.32 Å². The van der Waals surface area contributed by atoms with Gasteiger partial charge in [-0.2, -0.15) is 26.3 Å². The monoisotopic (exact) mass is 409 g/mol. The fourth-order valence-electron chi connectivity index (χ4n) is 2.21. The maximum absolute atomic E-state index is 13.2. The number of carbonyl (C=O) groups excluding carboxylic acids is 1. The second kappa shape index (κ2) is 8.59. The zero-order valence-corrected chi connectivity index (χ0v) is 14.1. The van der Waals surface area contributed by atoms with Crippen LogP contribution >= 0.6 is 0 Å². The van der Waals surface area contributed by atoms with Gasteiger partial charge in [0.05, 0.1) is 12.2 Å². The molecule has 2 aromatic rings. The highest BCUT2D eigenvalue weighted by Gasteiger charge is 2.34. The van der Waals surface area contributed by atoms with E-state index in [4.69, 9.17) is 0 Å². The van der Waals surface area contributed by atoms with Gasteiger partial charge in [0.1, 0.15) is 12.4 Å². The molecule has 3 nitrogen and oxygen atoms in total. The molecule has 1 N–H and O–H groups in total. The summed E-state index contributed by atoms with van der Waals surface area (Å²) in [4.78, 5) is 12.0. The zero-order chi connectivity index (χ0) is 20.9. The van der Waals surface area contributed by atoms with Gasteiger partial charge in [0, 0.05) is 12.1 Å². The van der Waals surface area contributed by atoms with Gasteiger partial charge in [-0.05, 0) is 29.3 Å². The summed E-state index contributed by atoms with van der Waals surface area (Å²) in [5, 5.41) is 2.39. The highest BCUT2D eigenvalue weighted by atomic mass is 19.4. The number of ether oxygens (including phenoxy) is 1. The number of carbonyl (C=O) groups is 1. The number of hydrogen-bond acceptors (Lipinski definition) is 2. The number of halogens is 7. The van der Waals surface area contributed by atoms with Crippen molar-refractivity contribution in [3.8, 4) is 0 Å². The summed E-state index contributed by atoms with van der Waals surface area (Å²) in [6.45, 7) is -1.66. The Kier molecular flexibility index (Phi) is 6.65. The molecule has 0 saturated carbocycles. The Balaban J connectivity index is 1.92. The van der Waals surface area contributed by atoms with Gasteiger partial charge >= 0.3 is 12.4 Å². The predicted octanol–water partition coefficient (Wildman–Crippen LogP) is 4.85. The maximum Gasteiger partial charge on any atom is 0.419 e. The lowest BCUT2D eigenvalue weighted by atomic mass is 10.1. The van der Waals surface area contributed by atoms with Crippen molar-refractivity contribution >= 4 is 5.91 Å². The molecular weight excluding hydrogens is 395 g/mol. The standard InChI is InChI=1S/C18H14F7NO2/c19-15-6-5-13(7-14(15)18(23,24)25)16(27)26-8-11-1-3-12(4-2-11)9-28-10-17(20,21)22/h1-7H,8-10H2,(H,26,27). The molecule has 0 aliphatic carbocycles. The molecule has 0 bridgehead atoms. The first kappa shape index (κ1) is 21.7. The van der Waals surface area contributed by atoms with Crippen LogP contribution in [0.2, 0.25) is 0 Å². The Hall–Kier alpha value is -2.62. The molecule has 0 unspecified atom stereocenters. The Morgan fingerprint density at radius 3 is 2.11 bits per heavy atom. The smallest absolute Gasteiger partial charge is 0.367 e. The van der Waals surface area contributed by atoms with Crippen molar-refractivity contribution in [2.75, 3.05) is 6.61 Å². The molecule has 2 aromatic carbocycles.